The Balaban J connectivity index is 2.45. The molecule has 78 valence electrons. The highest BCUT2D eigenvalue weighted by Crippen LogP contribution is 2.20. The third-order valence-corrected chi connectivity index (χ3v) is 3.54. The van der Waals surface area contributed by atoms with Crippen molar-refractivity contribution in [3.05, 3.63) is 0 Å². The third kappa shape index (κ3) is 2.68. The maximum atomic E-state index is 5.99. The summed E-state index contributed by atoms with van der Waals surface area (Å²) in [5.41, 5.74) is 5.99. The van der Waals surface area contributed by atoms with Crippen molar-refractivity contribution < 1.29 is 0 Å². The number of hydrogen-bond acceptors (Lipinski definition) is 2. The van der Waals surface area contributed by atoms with Crippen LogP contribution in [0.4, 0.5) is 0 Å². The fourth-order valence-electron chi connectivity index (χ4n) is 1.99. The first kappa shape index (κ1) is 11.0. The van der Waals surface area contributed by atoms with Gasteiger partial charge in [0.25, 0.3) is 0 Å². The van der Waals surface area contributed by atoms with Crippen molar-refractivity contribution >= 4 is 0 Å². The molecule has 1 fully saturated rings. The molecule has 3 unspecified atom stereocenters. The van der Waals surface area contributed by atoms with Gasteiger partial charge in [0.15, 0.2) is 0 Å². The second kappa shape index (κ2) is 4.43. The number of likely N-dealkylation sites (tertiary alicyclic amines) is 1. The SMILES string of the molecule is CC(C)C(C)N1CCC(N)C(C)C1. The molecule has 0 saturated carbocycles. The first-order chi connectivity index (χ1) is 6.02. The molecule has 0 aliphatic carbocycles. The molecule has 3 atom stereocenters. The van der Waals surface area contributed by atoms with Gasteiger partial charge in [-0.1, -0.05) is 20.8 Å². The molecule has 1 saturated heterocycles. The number of nitrogens with two attached hydrogens (primary N) is 1. The average Bonchev–Trinajstić information content (AvgIpc) is 2.08. The highest BCUT2D eigenvalue weighted by molar-refractivity contribution is 4.83. The minimum absolute atomic E-state index is 0.426. The lowest BCUT2D eigenvalue weighted by atomic mass is 9.92. The summed E-state index contributed by atoms with van der Waals surface area (Å²) in [6.45, 7) is 11.6. The first-order valence-corrected chi connectivity index (χ1v) is 5.52. The van der Waals surface area contributed by atoms with Crippen LogP contribution in [0.5, 0.6) is 0 Å². The van der Waals surface area contributed by atoms with Crippen LogP contribution in [0.1, 0.15) is 34.1 Å². The largest absolute Gasteiger partial charge is 0.327 e. The molecular weight excluding hydrogens is 160 g/mol. The van der Waals surface area contributed by atoms with E-state index in [4.69, 9.17) is 5.73 Å². The van der Waals surface area contributed by atoms with Gasteiger partial charge in [0, 0.05) is 18.6 Å². The van der Waals surface area contributed by atoms with Crippen LogP contribution in [0.3, 0.4) is 0 Å². The minimum Gasteiger partial charge on any atom is -0.327 e. The topological polar surface area (TPSA) is 29.3 Å². The first-order valence-electron chi connectivity index (χ1n) is 5.52. The van der Waals surface area contributed by atoms with Crippen molar-refractivity contribution in [2.24, 2.45) is 17.6 Å². The lowest BCUT2D eigenvalue weighted by Crippen LogP contribution is -2.50. The van der Waals surface area contributed by atoms with Gasteiger partial charge in [0.2, 0.25) is 0 Å². The molecule has 2 N–H and O–H groups in total. The van der Waals surface area contributed by atoms with Gasteiger partial charge in [-0.05, 0) is 31.7 Å². The minimum atomic E-state index is 0.426. The van der Waals surface area contributed by atoms with Crippen LogP contribution in [0, 0.1) is 11.8 Å². The summed E-state index contributed by atoms with van der Waals surface area (Å²) in [4.78, 5) is 2.58. The van der Waals surface area contributed by atoms with E-state index in [0.717, 1.165) is 12.3 Å². The molecular formula is C11H24N2. The van der Waals surface area contributed by atoms with Gasteiger partial charge in [-0.15, -0.1) is 0 Å². The van der Waals surface area contributed by atoms with Crippen LogP contribution in [-0.2, 0) is 0 Å². The smallest absolute Gasteiger partial charge is 0.00900 e. The molecule has 0 radical (unpaired) electrons. The van der Waals surface area contributed by atoms with E-state index in [1.165, 1.54) is 13.1 Å². The Hall–Kier alpha value is -0.0800. The Labute approximate surface area is 82.5 Å². The zero-order valence-electron chi connectivity index (χ0n) is 9.46. The summed E-state index contributed by atoms with van der Waals surface area (Å²) < 4.78 is 0. The number of nitrogens with zero attached hydrogens (tertiary/aromatic N) is 1. The van der Waals surface area contributed by atoms with Crippen molar-refractivity contribution in [1.82, 2.24) is 4.90 Å². The number of rotatable bonds is 2. The third-order valence-electron chi connectivity index (χ3n) is 3.54. The number of piperidine rings is 1. The maximum absolute atomic E-state index is 5.99. The quantitative estimate of drug-likeness (QED) is 0.708. The van der Waals surface area contributed by atoms with Gasteiger partial charge < -0.3 is 10.6 Å². The monoisotopic (exact) mass is 184 g/mol. The Bertz CT molecular complexity index is 156. The van der Waals surface area contributed by atoms with Crippen LogP contribution in [0.25, 0.3) is 0 Å². The van der Waals surface area contributed by atoms with Crippen LogP contribution in [0.15, 0.2) is 0 Å². The number of hydrogen-bond donors (Lipinski definition) is 1. The molecule has 0 amide bonds. The molecule has 0 bridgehead atoms. The van der Waals surface area contributed by atoms with E-state index < -0.39 is 0 Å². The van der Waals surface area contributed by atoms with E-state index >= 15 is 0 Å². The lowest BCUT2D eigenvalue weighted by Gasteiger charge is -2.40. The van der Waals surface area contributed by atoms with Gasteiger partial charge in [0.05, 0.1) is 0 Å². The van der Waals surface area contributed by atoms with Crippen molar-refractivity contribution in [2.75, 3.05) is 13.1 Å². The second-order valence-corrected chi connectivity index (χ2v) is 4.91. The van der Waals surface area contributed by atoms with Crippen molar-refractivity contribution in [2.45, 2.75) is 46.2 Å². The van der Waals surface area contributed by atoms with E-state index in [2.05, 4.69) is 32.6 Å². The molecule has 0 aromatic rings. The van der Waals surface area contributed by atoms with E-state index in [0.29, 0.717) is 18.0 Å². The zero-order valence-corrected chi connectivity index (χ0v) is 9.46. The molecule has 2 nitrogen and oxygen atoms in total. The summed E-state index contributed by atoms with van der Waals surface area (Å²) in [6, 6.07) is 1.13. The lowest BCUT2D eigenvalue weighted by molar-refractivity contribution is 0.0999. The van der Waals surface area contributed by atoms with Gasteiger partial charge in [-0.2, -0.15) is 0 Å². The Morgan fingerprint density at radius 2 is 1.92 bits per heavy atom. The predicted molar refractivity (Wildman–Crippen MR) is 57.6 cm³/mol. The highest BCUT2D eigenvalue weighted by Gasteiger charge is 2.26. The molecule has 1 aliphatic heterocycles. The maximum Gasteiger partial charge on any atom is 0.00900 e. The summed E-state index contributed by atoms with van der Waals surface area (Å²) >= 11 is 0. The van der Waals surface area contributed by atoms with Gasteiger partial charge in [0.1, 0.15) is 0 Å². The van der Waals surface area contributed by atoms with Gasteiger partial charge >= 0.3 is 0 Å². The molecule has 0 aromatic carbocycles. The standard InChI is InChI=1S/C11H24N2/c1-8(2)10(4)13-6-5-11(12)9(3)7-13/h8-11H,5-7,12H2,1-4H3. The molecule has 1 aliphatic rings. The fourth-order valence-corrected chi connectivity index (χ4v) is 1.99. The van der Waals surface area contributed by atoms with E-state index in [1.807, 2.05) is 0 Å². The van der Waals surface area contributed by atoms with E-state index in [9.17, 15) is 0 Å². The van der Waals surface area contributed by atoms with Crippen molar-refractivity contribution in [3.63, 3.8) is 0 Å². The van der Waals surface area contributed by atoms with Gasteiger partial charge in [-0.25, -0.2) is 0 Å². The molecule has 0 spiro atoms. The molecule has 1 rings (SSSR count). The van der Waals surface area contributed by atoms with Crippen molar-refractivity contribution in [1.29, 1.82) is 0 Å². The van der Waals surface area contributed by atoms with Crippen LogP contribution >= 0.6 is 0 Å². The Kier molecular flexibility index (Phi) is 3.74. The Morgan fingerprint density at radius 3 is 2.38 bits per heavy atom. The summed E-state index contributed by atoms with van der Waals surface area (Å²) in [6.07, 6.45) is 1.16. The average molecular weight is 184 g/mol. The molecule has 0 aromatic heterocycles. The van der Waals surface area contributed by atoms with Crippen LogP contribution in [0.2, 0.25) is 0 Å². The van der Waals surface area contributed by atoms with Crippen molar-refractivity contribution in [3.8, 4) is 0 Å². The summed E-state index contributed by atoms with van der Waals surface area (Å²) in [5.74, 6) is 1.41. The van der Waals surface area contributed by atoms with Gasteiger partial charge in [-0.3, -0.25) is 0 Å². The fraction of sp³-hybridized carbons (Fsp3) is 1.00. The molecule has 1 heterocycles. The predicted octanol–water partition coefficient (Wildman–Crippen LogP) is 1.70. The highest BCUT2D eigenvalue weighted by atomic mass is 15.2. The zero-order chi connectivity index (χ0) is 10.0. The van der Waals surface area contributed by atoms with E-state index in [-0.39, 0.29) is 0 Å². The molecule has 13 heavy (non-hydrogen) atoms. The normalized spacial score (nSPS) is 33.7. The molecule has 2 heteroatoms. The van der Waals surface area contributed by atoms with Crippen LogP contribution in [-0.4, -0.2) is 30.1 Å². The van der Waals surface area contributed by atoms with E-state index in [1.54, 1.807) is 0 Å². The summed E-state index contributed by atoms with van der Waals surface area (Å²) in [7, 11) is 0. The second-order valence-electron chi connectivity index (χ2n) is 4.91. The Morgan fingerprint density at radius 1 is 1.31 bits per heavy atom. The van der Waals surface area contributed by atoms with Crippen LogP contribution < -0.4 is 5.73 Å². The summed E-state index contributed by atoms with van der Waals surface area (Å²) in [5, 5.41) is 0.